The van der Waals surface area contributed by atoms with Crippen molar-refractivity contribution in [3.63, 3.8) is 0 Å². The van der Waals surface area contributed by atoms with Gasteiger partial charge in [0.2, 0.25) is 0 Å². The highest BCUT2D eigenvalue weighted by Gasteiger charge is 2.31. The standard InChI is InChI=1S/C25H22F4N2O5/c1-2-34-31-24(33)22(15-16-3-9-21(10-4-16)36-25(27,28)29)30-23(32)17-5-11-19(12-6-17)35-20-13-7-18(26)8-14-20/h3-14,22H,2,15H2,1H3,(H,30,32)(H,31,33). The molecule has 0 aromatic heterocycles. The van der Waals surface area contributed by atoms with Crippen molar-refractivity contribution in [1.82, 2.24) is 10.8 Å². The van der Waals surface area contributed by atoms with Crippen molar-refractivity contribution in [3.05, 3.63) is 89.7 Å². The van der Waals surface area contributed by atoms with Gasteiger partial charge in [-0.05, 0) is 73.2 Å². The Kier molecular flexibility index (Phi) is 8.85. The third-order valence-corrected chi connectivity index (χ3v) is 4.70. The van der Waals surface area contributed by atoms with Crippen molar-refractivity contribution in [2.24, 2.45) is 0 Å². The van der Waals surface area contributed by atoms with Crippen molar-refractivity contribution in [1.29, 1.82) is 0 Å². The van der Waals surface area contributed by atoms with Crippen LogP contribution in [0.5, 0.6) is 17.2 Å². The Hall–Kier alpha value is -4.12. The van der Waals surface area contributed by atoms with E-state index in [-0.39, 0.29) is 18.6 Å². The molecule has 0 spiro atoms. The quantitative estimate of drug-likeness (QED) is 0.301. The first-order chi connectivity index (χ1) is 17.1. The summed E-state index contributed by atoms with van der Waals surface area (Å²) in [5.41, 5.74) is 2.92. The summed E-state index contributed by atoms with van der Waals surface area (Å²) in [6.45, 7) is 1.84. The highest BCUT2D eigenvalue weighted by molar-refractivity contribution is 5.97. The second-order valence-electron chi connectivity index (χ2n) is 7.40. The Morgan fingerprint density at radius 1 is 0.861 bits per heavy atom. The predicted molar refractivity (Wildman–Crippen MR) is 121 cm³/mol. The van der Waals surface area contributed by atoms with Crippen LogP contribution < -0.4 is 20.3 Å². The van der Waals surface area contributed by atoms with Gasteiger partial charge in [0.1, 0.15) is 29.1 Å². The molecular formula is C25H22F4N2O5. The lowest BCUT2D eigenvalue weighted by atomic mass is 10.0. The van der Waals surface area contributed by atoms with Gasteiger partial charge in [0.05, 0.1) is 6.61 Å². The molecule has 0 aliphatic rings. The van der Waals surface area contributed by atoms with Crippen LogP contribution in [0.4, 0.5) is 17.6 Å². The molecule has 7 nitrogen and oxygen atoms in total. The van der Waals surface area contributed by atoms with Crippen LogP contribution in [0, 0.1) is 5.82 Å². The van der Waals surface area contributed by atoms with Crippen LogP contribution in [0.2, 0.25) is 0 Å². The molecule has 2 N–H and O–H groups in total. The predicted octanol–water partition coefficient (Wildman–Crippen LogP) is 4.93. The number of benzene rings is 3. The van der Waals surface area contributed by atoms with Crippen molar-refractivity contribution in [3.8, 4) is 17.2 Å². The maximum absolute atomic E-state index is 13.0. The lowest BCUT2D eigenvalue weighted by molar-refractivity contribution is -0.274. The molecule has 0 heterocycles. The molecule has 3 aromatic carbocycles. The van der Waals surface area contributed by atoms with Gasteiger partial charge in [0, 0.05) is 12.0 Å². The van der Waals surface area contributed by atoms with Gasteiger partial charge in [-0.15, -0.1) is 13.2 Å². The molecule has 190 valence electrons. The van der Waals surface area contributed by atoms with E-state index < -0.39 is 35.8 Å². The molecule has 0 aliphatic carbocycles. The van der Waals surface area contributed by atoms with E-state index in [1.54, 1.807) is 6.92 Å². The number of ether oxygens (including phenoxy) is 2. The first-order valence-electron chi connectivity index (χ1n) is 10.7. The molecule has 0 saturated carbocycles. The maximum Gasteiger partial charge on any atom is 0.573 e. The number of rotatable bonds is 10. The zero-order chi connectivity index (χ0) is 26.1. The number of carbonyl (C=O) groups is 2. The monoisotopic (exact) mass is 506 g/mol. The Balaban J connectivity index is 1.67. The number of carbonyl (C=O) groups excluding carboxylic acids is 2. The molecular weight excluding hydrogens is 484 g/mol. The van der Waals surface area contributed by atoms with Crippen molar-refractivity contribution in [2.75, 3.05) is 6.61 Å². The summed E-state index contributed by atoms with van der Waals surface area (Å²) >= 11 is 0. The SMILES string of the molecule is CCONC(=O)C(Cc1ccc(OC(F)(F)F)cc1)NC(=O)c1ccc(Oc2ccc(F)cc2)cc1. The van der Waals surface area contributed by atoms with Crippen molar-refractivity contribution >= 4 is 11.8 Å². The first-order valence-corrected chi connectivity index (χ1v) is 10.7. The summed E-state index contributed by atoms with van der Waals surface area (Å²) in [5, 5.41) is 2.59. The summed E-state index contributed by atoms with van der Waals surface area (Å²) in [7, 11) is 0. The minimum Gasteiger partial charge on any atom is -0.457 e. The Morgan fingerprint density at radius 3 is 1.97 bits per heavy atom. The maximum atomic E-state index is 13.0. The largest absolute Gasteiger partial charge is 0.573 e. The minimum atomic E-state index is -4.82. The second kappa shape index (κ2) is 12.0. The van der Waals surface area contributed by atoms with E-state index in [1.807, 2.05) is 0 Å². The minimum absolute atomic E-state index is 0.0251. The Labute approximate surface area is 203 Å². The van der Waals surface area contributed by atoms with Crippen LogP contribution >= 0.6 is 0 Å². The number of hydroxylamine groups is 1. The third kappa shape index (κ3) is 8.27. The van der Waals surface area contributed by atoms with Gasteiger partial charge >= 0.3 is 6.36 Å². The molecule has 1 unspecified atom stereocenters. The van der Waals surface area contributed by atoms with Gasteiger partial charge < -0.3 is 14.8 Å². The average molecular weight is 506 g/mol. The fraction of sp³-hybridized carbons (Fsp3) is 0.200. The lowest BCUT2D eigenvalue weighted by Gasteiger charge is -2.19. The fourth-order valence-corrected chi connectivity index (χ4v) is 3.04. The molecule has 0 fully saturated rings. The van der Waals surface area contributed by atoms with Crippen LogP contribution in [0.15, 0.2) is 72.8 Å². The normalized spacial score (nSPS) is 11.9. The molecule has 11 heteroatoms. The second-order valence-corrected chi connectivity index (χ2v) is 7.40. The van der Waals surface area contributed by atoms with Crippen LogP contribution in [0.25, 0.3) is 0 Å². The van der Waals surface area contributed by atoms with Crippen molar-refractivity contribution in [2.45, 2.75) is 25.7 Å². The van der Waals surface area contributed by atoms with Gasteiger partial charge in [-0.2, -0.15) is 0 Å². The number of hydrogen-bond donors (Lipinski definition) is 2. The molecule has 0 bridgehead atoms. The van der Waals surface area contributed by atoms with E-state index in [9.17, 15) is 27.2 Å². The highest BCUT2D eigenvalue weighted by Crippen LogP contribution is 2.24. The summed E-state index contributed by atoms with van der Waals surface area (Å²) < 4.78 is 59.6. The lowest BCUT2D eigenvalue weighted by Crippen LogP contribution is -2.48. The van der Waals surface area contributed by atoms with Crippen molar-refractivity contribution < 1.29 is 41.5 Å². The van der Waals surface area contributed by atoms with Gasteiger partial charge in [0.15, 0.2) is 0 Å². The number of hydrogen-bond acceptors (Lipinski definition) is 5. The van der Waals surface area contributed by atoms with Gasteiger partial charge in [-0.1, -0.05) is 12.1 Å². The smallest absolute Gasteiger partial charge is 0.457 e. The number of halogens is 4. The topological polar surface area (TPSA) is 85.9 Å². The van der Waals surface area contributed by atoms with Gasteiger partial charge in [-0.3, -0.25) is 14.4 Å². The van der Waals surface area contributed by atoms with Gasteiger partial charge in [-0.25, -0.2) is 9.87 Å². The molecule has 0 aliphatic heterocycles. The zero-order valence-electron chi connectivity index (χ0n) is 19.0. The van der Waals surface area contributed by atoms with E-state index in [2.05, 4.69) is 15.5 Å². The molecule has 3 rings (SSSR count). The van der Waals surface area contributed by atoms with E-state index in [0.29, 0.717) is 17.1 Å². The highest BCUT2D eigenvalue weighted by atomic mass is 19.4. The number of nitrogens with one attached hydrogen (secondary N) is 2. The average Bonchev–Trinajstić information content (AvgIpc) is 2.84. The van der Waals surface area contributed by atoms with Crippen LogP contribution in [0.1, 0.15) is 22.8 Å². The van der Waals surface area contributed by atoms with Crippen LogP contribution in [-0.2, 0) is 16.1 Å². The molecule has 0 radical (unpaired) electrons. The van der Waals surface area contributed by atoms with Crippen LogP contribution in [0.3, 0.4) is 0 Å². The fourth-order valence-electron chi connectivity index (χ4n) is 3.04. The van der Waals surface area contributed by atoms with E-state index >= 15 is 0 Å². The van der Waals surface area contributed by atoms with Gasteiger partial charge in [0.25, 0.3) is 11.8 Å². The molecule has 36 heavy (non-hydrogen) atoms. The molecule has 0 saturated heterocycles. The number of alkyl halides is 3. The van der Waals surface area contributed by atoms with E-state index in [1.165, 1.54) is 60.7 Å². The molecule has 3 aromatic rings. The summed E-state index contributed by atoms with van der Waals surface area (Å²) in [4.78, 5) is 30.2. The van der Waals surface area contributed by atoms with Crippen LogP contribution in [-0.4, -0.2) is 30.8 Å². The summed E-state index contributed by atoms with van der Waals surface area (Å²) in [5.74, 6) is -1.21. The first kappa shape index (κ1) is 26.5. The molecule has 2 amide bonds. The summed E-state index contributed by atoms with van der Waals surface area (Å²) in [6.07, 6.45) is -4.85. The Morgan fingerprint density at radius 2 is 1.42 bits per heavy atom. The summed E-state index contributed by atoms with van der Waals surface area (Å²) in [6, 6.07) is 15.3. The zero-order valence-corrected chi connectivity index (χ0v) is 19.0. The third-order valence-electron chi connectivity index (χ3n) is 4.70. The van der Waals surface area contributed by atoms with E-state index in [4.69, 9.17) is 9.57 Å². The Bertz CT molecular complexity index is 1150. The molecule has 1 atom stereocenters. The van der Waals surface area contributed by atoms with E-state index in [0.717, 1.165) is 12.1 Å². The number of amides is 2.